The van der Waals surface area contributed by atoms with Crippen molar-refractivity contribution in [2.24, 2.45) is 5.41 Å². The van der Waals surface area contributed by atoms with Crippen LogP contribution in [0.15, 0.2) is 24.5 Å². The van der Waals surface area contributed by atoms with Crippen LogP contribution in [-0.2, 0) is 21.2 Å². The lowest BCUT2D eigenvalue weighted by Gasteiger charge is -2.23. The van der Waals surface area contributed by atoms with Crippen molar-refractivity contribution < 1.29 is 18.3 Å². The van der Waals surface area contributed by atoms with Gasteiger partial charge in [0.15, 0.2) is 0 Å². The molecule has 0 amide bonds. The van der Waals surface area contributed by atoms with Crippen LogP contribution in [0, 0.1) is 5.41 Å². The number of nitrogens with one attached hydrogen (secondary N) is 1. The lowest BCUT2D eigenvalue weighted by atomic mass is 9.88. The van der Waals surface area contributed by atoms with Crippen LogP contribution in [0.1, 0.15) is 25.8 Å². The molecule has 0 aromatic carbocycles. The maximum absolute atomic E-state index is 11.9. The van der Waals surface area contributed by atoms with Crippen molar-refractivity contribution in [1.82, 2.24) is 9.71 Å². The number of carboxylic acid groups (broad SMARTS) is 1. The van der Waals surface area contributed by atoms with Gasteiger partial charge in [0.05, 0.1) is 11.2 Å². The van der Waals surface area contributed by atoms with Crippen molar-refractivity contribution in [1.29, 1.82) is 0 Å². The van der Waals surface area contributed by atoms with Gasteiger partial charge in [0, 0.05) is 18.9 Å². The highest BCUT2D eigenvalue weighted by Gasteiger charge is 2.32. The van der Waals surface area contributed by atoms with E-state index in [4.69, 9.17) is 5.11 Å². The second kappa shape index (κ2) is 6.81. The molecule has 1 rings (SSSR count). The van der Waals surface area contributed by atoms with E-state index in [9.17, 15) is 13.2 Å². The molecule has 1 aromatic rings. The molecule has 0 saturated carbocycles. The Labute approximate surface area is 119 Å². The van der Waals surface area contributed by atoms with Gasteiger partial charge < -0.3 is 5.11 Å². The zero-order chi connectivity index (χ0) is 15.2. The van der Waals surface area contributed by atoms with E-state index in [0.29, 0.717) is 12.8 Å². The molecule has 112 valence electrons. The quantitative estimate of drug-likeness (QED) is 0.748. The number of aromatic nitrogens is 1. The summed E-state index contributed by atoms with van der Waals surface area (Å²) >= 11 is 0. The molecule has 0 spiro atoms. The van der Waals surface area contributed by atoms with E-state index in [-0.39, 0.29) is 12.3 Å². The summed E-state index contributed by atoms with van der Waals surface area (Å²) in [7, 11) is -3.49. The van der Waals surface area contributed by atoms with Crippen LogP contribution in [0.25, 0.3) is 0 Å². The van der Waals surface area contributed by atoms with Crippen LogP contribution in [0.5, 0.6) is 0 Å². The number of nitrogens with zero attached hydrogens (tertiary/aromatic N) is 1. The molecule has 1 aromatic heterocycles. The number of sulfonamides is 1. The van der Waals surface area contributed by atoms with Crippen molar-refractivity contribution >= 4 is 16.0 Å². The standard InChI is InChI=1S/C13H20N2O4S/c1-3-13(2,12(16)17)10-15-20(18,19)9-6-11-4-7-14-8-5-11/h4-5,7-8,15H,3,6,9-10H2,1-2H3,(H,16,17). The zero-order valence-electron chi connectivity index (χ0n) is 11.7. The number of hydrogen-bond donors (Lipinski definition) is 2. The zero-order valence-corrected chi connectivity index (χ0v) is 12.5. The van der Waals surface area contributed by atoms with E-state index in [2.05, 4.69) is 9.71 Å². The Morgan fingerprint density at radius 2 is 2.00 bits per heavy atom. The Bertz CT molecular complexity index is 545. The minimum Gasteiger partial charge on any atom is -0.481 e. The molecule has 0 saturated heterocycles. The second-order valence-electron chi connectivity index (χ2n) is 4.96. The highest BCUT2D eigenvalue weighted by atomic mass is 32.2. The highest BCUT2D eigenvalue weighted by molar-refractivity contribution is 7.89. The molecule has 0 aliphatic heterocycles. The first-order chi connectivity index (χ1) is 9.29. The van der Waals surface area contributed by atoms with Gasteiger partial charge in [-0.1, -0.05) is 6.92 Å². The first-order valence-electron chi connectivity index (χ1n) is 6.39. The monoisotopic (exact) mass is 300 g/mol. The maximum Gasteiger partial charge on any atom is 0.310 e. The van der Waals surface area contributed by atoms with Crippen molar-refractivity contribution in [3.63, 3.8) is 0 Å². The molecule has 0 radical (unpaired) electrons. The lowest BCUT2D eigenvalue weighted by Crippen LogP contribution is -2.41. The minimum atomic E-state index is -3.49. The highest BCUT2D eigenvalue weighted by Crippen LogP contribution is 2.20. The van der Waals surface area contributed by atoms with Crippen LogP contribution in [0.3, 0.4) is 0 Å². The largest absolute Gasteiger partial charge is 0.481 e. The van der Waals surface area contributed by atoms with Crippen LogP contribution in [-0.4, -0.2) is 36.8 Å². The molecular formula is C13H20N2O4S. The van der Waals surface area contributed by atoms with E-state index in [1.54, 1.807) is 31.5 Å². The van der Waals surface area contributed by atoms with E-state index in [1.807, 2.05) is 0 Å². The van der Waals surface area contributed by atoms with Gasteiger partial charge >= 0.3 is 5.97 Å². The van der Waals surface area contributed by atoms with E-state index in [1.165, 1.54) is 6.92 Å². The fourth-order valence-electron chi connectivity index (χ4n) is 1.49. The Morgan fingerprint density at radius 3 is 2.50 bits per heavy atom. The molecule has 0 bridgehead atoms. The molecule has 0 aliphatic carbocycles. The third-order valence-corrected chi connectivity index (χ3v) is 4.71. The molecular weight excluding hydrogens is 280 g/mol. The summed E-state index contributed by atoms with van der Waals surface area (Å²) in [5, 5.41) is 9.10. The molecule has 1 atom stereocenters. The molecule has 0 aliphatic rings. The van der Waals surface area contributed by atoms with E-state index >= 15 is 0 Å². The number of aryl methyl sites for hydroxylation is 1. The topological polar surface area (TPSA) is 96.4 Å². The van der Waals surface area contributed by atoms with Gasteiger partial charge in [0.1, 0.15) is 0 Å². The number of hydrogen-bond acceptors (Lipinski definition) is 4. The summed E-state index contributed by atoms with van der Waals surface area (Å²) in [5.74, 6) is -1.08. The lowest BCUT2D eigenvalue weighted by molar-refractivity contribution is -0.147. The Balaban J connectivity index is 2.56. The molecule has 0 fully saturated rings. The molecule has 6 nitrogen and oxygen atoms in total. The number of pyridine rings is 1. The number of aliphatic carboxylic acids is 1. The van der Waals surface area contributed by atoms with Crippen molar-refractivity contribution in [3.05, 3.63) is 30.1 Å². The van der Waals surface area contributed by atoms with Crippen LogP contribution < -0.4 is 4.72 Å². The number of carbonyl (C=O) groups is 1. The van der Waals surface area contributed by atoms with Crippen LogP contribution in [0.4, 0.5) is 0 Å². The summed E-state index contributed by atoms with van der Waals surface area (Å²) in [6.07, 6.45) is 3.94. The Hall–Kier alpha value is -1.47. The molecule has 20 heavy (non-hydrogen) atoms. The fourth-order valence-corrected chi connectivity index (χ4v) is 2.68. The maximum atomic E-state index is 11.9. The van der Waals surface area contributed by atoms with Crippen LogP contribution in [0.2, 0.25) is 0 Å². The van der Waals surface area contributed by atoms with Gasteiger partial charge in [-0.2, -0.15) is 0 Å². The van der Waals surface area contributed by atoms with Crippen molar-refractivity contribution in [2.45, 2.75) is 26.7 Å². The number of rotatable bonds is 8. The van der Waals surface area contributed by atoms with Gasteiger partial charge in [-0.3, -0.25) is 9.78 Å². The average molecular weight is 300 g/mol. The Kier molecular flexibility index (Phi) is 5.64. The molecule has 1 heterocycles. The minimum absolute atomic E-state index is 0.0730. The number of carboxylic acids is 1. The Morgan fingerprint density at radius 1 is 1.40 bits per heavy atom. The predicted molar refractivity (Wildman–Crippen MR) is 75.8 cm³/mol. The van der Waals surface area contributed by atoms with Gasteiger partial charge in [0.25, 0.3) is 0 Å². The molecule has 2 N–H and O–H groups in total. The van der Waals surface area contributed by atoms with E-state index < -0.39 is 21.4 Å². The predicted octanol–water partition coefficient (Wildman–Crippen LogP) is 1.04. The van der Waals surface area contributed by atoms with Gasteiger partial charge in [-0.25, -0.2) is 13.1 Å². The van der Waals surface area contributed by atoms with E-state index in [0.717, 1.165) is 5.56 Å². The SMILES string of the molecule is CCC(C)(CNS(=O)(=O)CCc1ccncc1)C(=O)O. The first-order valence-corrected chi connectivity index (χ1v) is 8.04. The van der Waals surface area contributed by atoms with Gasteiger partial charge in [-0.05, 0) is 37.5 Å². The first kappa shape index (κ1) is 16.6. The van der Waals surface area contributed by atoms with Crippen molar-refractivity contribution in [3.8, 4) is 0 Å². The average Bonchev–Trinajstić information content (AvgIpc) is 2.44. The summed E-state index contributed by atoms with van der Waals surface area (Å²) in [6, 6.07) is 3.51. The summed E-state index contributed by atoms with van der Waals surface area (Å²) in [4.78, 5) is 15.0. The van der Waals surface area contributed by atoms with Crippen LogP contribution >= 0.6 is 0 Å². The summed E-state index contributed by atoms with van der Waals surface area (Å²) in [5.41, 5.74) is -0.203. The van der Waals surface area contributed by atoms with Crippen molar-refractivity contribution in [2.75, 3.05) is 12.3 Å². The molecule has 1 unspecified atom stereocenters. The smallest absolute Gasteiger partial charge is 0.310 e. The van der Waals surface area contributed by atoms with Gasteiger partial charge in [-0.15, -0.1) is 0 Å². The second-order valence-corrected chi connectivity index (χ2v) is 6.89. The fraction of sp³-hybridized carbons (Fsp3) is 0.538. The normalized spacial score (nSPS) is 14.7. The third kappa shape index (κ3) is 4.90. The summed E-state index contributed by atoms with van der Waals surface area (Å²) < 4.78 is 26.1. The van der Waals surface area contributed by atoms with Gasteiger partial charge in [0.2, 0.25) is 10.0 Å². The molecule has 7 heteroatoms. The third-order valence-electron chi connectivity index (χ3n) is 3.39. The summed E-state index contributed by atoms with van der Waals surface area (Å²) in [6.45, 7) is 3.15.